The van der Waals surface area contributed by atoms with Gasteiger partial charge in [-0.3, -0.25) is 14.5 Å². The van der Waals surface area contributed by atoms with Crippen molar-refractivity contribution in [2.75, 3.05) is 12.4 Å². The number of methoxy groups -OCH3 is 1. The smallest absolute Gasteiger partial charge is 0.325 e. The van der Waals surface area contributed by atoms with Crippen LogP contribution in [0.25, 0.3) is 0 Å². The minimum atomic E-state index is -0.692. The van der Waals surface area contributed by atoms with Crippen LogP contribution in [0.15, 0.2) is 35.8 Å². The van der Waals surface area contributed by atoms with Gasteiger partial charge in [0.1, 0.15) is 11.8 Å². The molecule has 1 saturated heterocycles. The van der Waals surface area contributed by atoms with Gasteiger partial charge < -0.3 is 15.4 Å². The number of nitrogens with zero attached hydrogens (tertiary/aromatic N) is 2. The normalized spacial score (nSPS) is 16.5. The first-order valence-corrected chi connectivity index (χ1v) is 8.89. The number of hydrogen-bond donors (Lipinski definition) is 2. The number of benzene rings is 1. The van der Waals surface area contributed by atoms with Crippen LogP contribution in [0.1, 0.15) is 18.4 Å². The number of anilines is 1. The molecule has 1 aromatic heterocycles. The van der Waals surface area contributed by atoms with Crippen molar-refractivity contribution in [3.05, 3.63) is 41.4 Å². The summed E-state index contributed by atoms with van der Waals surface area (Å²) >= 11 is 1.32. The van der Waals surface area contributed by atoms with Crippen molar-refractivity contribution in [3.8, 4) is 5.75 Å². The van der Waals surface area contributed by atoms with Crippen molar-refractivity contribution in [3.63, 3.8) is 0 Å². The molecule has 3 rings (SSSR count). The fourth-order valence-electron chi connectivity index (χ4n) is 2.58. The number of aromatic nitrogens is 1. The highest BCUT2D eigenvalue weighted by Gasteiger charge is 2.37. The summed E-state index contributed by atoms with van der Waals surface area (Å²) in [6.07, 6.45) is 1.95. The van der Waals surface area contributed by atoms with E-state index in [4.69, 9.17) is 4.74 Å². The van der Waals surface area contributed by atoms with E-state index >= 15 is 0 Å². The van der Waals surface area contributed by atoms with E-state index < -0.39 is 12.1 Å². The Morgan fingerprint density at radius 2 is 2.12 bits per heavy atom. The van der Waals surface area contributed by atoms with Gasteiger partial charge in [0.15, 0.2) is 5.13 Å². The predicted molar refractivity (Wildman–Crippen MR) is 95.8 cm³/mol. The second-order valence-corrected chi connectivity index (χ2v) is 6.59. The number of urea groups is 1. The summed E-state index contributed by atoms with van der Waals surface area (Å²) in [6.45, 7) is 0.177. The van der Waals surface area contributed by atoms with Gasteiger partial charge >= 0.3 is 6.03 Å². The minimum absolute atomic E-state index is 0.118. The Balaban J connectivity index is 1.53. The van der Waals surface area contributed by atoms with E-state index in [-0.39, 0.29) is 31.2 Å². The van der Waals surface area contributed by atoms with Gasteiger partial charge in [-0.05, 0) is 24.1 Å². The Morgan fingerprint density at radius 1 is 1.35 bits per heavy atom. The van der Waals surface area contributed by atoms with Crippen LogP contribution < -0.4 is 15.4 Å². The van der Waals surface area contributed by atoms with Crippen molar-refractivity contribution in [1.82, 2.24) is 15.2 Å². The number of amides is 4. The Hall–Kier alpha value is -2.94. The Kier molecular flexibility index (Phi) is 5.47. The molecule has 9 heteroatoms. The third kappa shape index (κ3) is 4.17. The van der Waals surface area contributed by atoms with Gasteiger partial charge in [0, 0.05) is 18.0 Å². The van der Waals surface area contributed by atoms with Crippen LogP contribution in [0, 0.1) is 0 Å². The van der Waals surface area contributed by atoms with E-state index in [9.17, 15) is 14.4 Å². The first kappa shape index (κ1) is 17.9. The van der Waals surface area contributed by atoms with Crippen LogP contribution in [-0.4, -0.2) is 40.9 Å². The van der Waals surface area contributed by atoms with E-state index in [0.29, 0.717) is 10.9 Å². The molecule has 2 heterocycles. The van der Waals surface area contributed by atoms with Crippen molar-refractivity contribution in [1.29, 1.82) is 0 Å². The highest BCUT2D eigenvalue weighted by molar-refractivity contribution is 7.13. The van der Waals surface area contributed by atoms with E-state index in [0.717, 1.165) is 10.5 Å². The van der Waals surface area contributed by atoms with E-state index in [1.54, 1.807) is 43.0 Å². The van der Waals surface area contributed by atoms with E-state index in [2.05, 4.69) is 15.6 Å². The van der Waals surface area contributed by atoms with Crippen molar-refractivity contribution in [2.24, 2.45) is 0 Å². The molecule has 1 atom stereocenters. The Morgan fingerprint density at radius 3 is 2.77 bits per heavy atom. The molecule has 2 aromatic rings. The molecular formula is C17H18N4O4S. The summed E-state index contributed by atoms with van der Waals surface area (Å²) in [7, 11) is 1.57. The molecule has 1 aromatic carbocycles. The molecule has 0 radical (unpaired) electrons. The highest BCUT2D eigenvalue weighted by Crippen LogP contribution is 2.18. The molecule has 26 heavy (non-hydrogen) atoms. The van der Waals surface area contributed by atoms with Gasteiger partial charge in [-0.15, -0.1) is 11.3 Å². The van der Waals surface area contributed by atoms with Crippen LogP contribution in [0.3, 0.4) is 0 Å². The second kappa shape index (κ2) is 7.96. The van der Waals surface area contributed by atoms with Gasteiger partial charge in [-0.2, -0.15) is 0 Å². The monoisotopic (exact) mass is 374 g/mol. The quantitative estimate of drug-likeness (QED) is 0.722. The number of thiazole rings is 1. The van der Waals surface area contributed by atoms with Gasteiger partial charge in [-0.1, -0.05) is 12.1 Å². The molecule has 1 aliphatic heterocycles. The van der Waals surface area contributed by atoms with E-state index in [1.165, 1.54) is 11.3 Å². The number of ether oxygens (including phenoxy) is 1. The van der Waals surface area contributed by atoms with Gasteiger partial charge in [0.25, 0.3) is 5.91 Å². The lowest BCUT2D eigenvalue weighted by atomic mass is 10.1. The summed E-state index contributed by atoms with van der Waals surface area (Å²) in [5, 5.41) is 7.55. The molecule has 1 aliphatic rings. The Labute approximate surface area is 154 Å². The third-order valence-electron chi connectivity index (χ3n) is 3.95. The Bertz CT molecular complexity index is 792. The minimum Gasteiger partial charge on any atom is -0.497 e. The van der Waals surface area contributed by atoms with Crippen LogP contribution in [-0.2, 0) is 16.1 Å². The molecule has 136 valence electrons. The van der Waals surface area contributed by atoms with Gasteiger partial charge in [-0.25, -0.2) is 9.78 Å². The van der Waals surface area contributed by atoms with Gasteiger partial charge in [0.2, 0.25) is 5.91 Å². The molecule has 0 unspecified atom stereocenters. The molecule has 0 aliphatic carbocycles. The number of nitrogens with one attached hydrogen (secondary N) is 2. The SMILES string of the molecule is COc1ccc(CN2C(=O)N[C@H](CCC(=O)Nc3nccs3)C2=O)cc1. The maximum absolute atomic E-state index is 12.4. The number of hydrogen-bond acceptors (Lipinski definition) is 6. The van der Waals surface area contributed by atoms with Crippen LogP contribution in [0.5, 0.6) is 5.75 Å². The first-order chi connectivity index (χ1) is 12.6. The second-order valence-electron chi connectivity index (χ2n) is 5.70. The fourth-order valence-corrected chi connectivity index (χ4v) is 3.12. The average molecular weight is 374 g/mol. The summed E-state index contributed by atoms with van der Waals surface area (Å²) in [5.41, 5.74) is 0.816. The summed E-state index contributed by atoms with van der Waals surface area (Å²) < 4.78 is 5.09. The van der Waals surface area contributed by atoms with Crippen LogP contribution in [0.2, 0.25) is 0 Å². The lowest BCUT2D eigenvalue weighted by molar-refractivity contribution is -0.128. The zero-order chi connectivity index (χ0) is 18.5. The van der Waals surface area contributed by atoms with Crippen molar-refractivity contribution in [2.45, 2.75) is 25.4 Å². The lowest BCUT2D eigenvalue weighted by Crippen LogP contribution is -2.31. The van der Waals surface area contributed by atoms with Gasteiger partial charge in [0.05, 0.1) is 13.7 Å². The number of carbonyl (C=O) groups is 3. The molecule has 0 saturated carbocycles. The maximum Gasteiger partial charge on any atom is 0.325 e. The fraction of sp³-hybridized carbons (Fsp3) is 0.294. The molecule has 0 bridgehead atoms. The largest absolute Gasteiger partial charge is 0.497 e. The van der Waals surface area contributed by atoms with Crippen LogP contribution >= 0.6 is 11.3 Å². The zero-order valence-electron chi connectivity index (χ0n) is 14.1. The molecule has 2 N–H and O–H groups in total. The number of rotatable bonds is 7. The standard InChI is InChI=1S/C17H18N4O4S/c1-25-12-4-2-11(3-5-12)10-21-15(23)13(19-17(21)24)6-7-14(22)20-16-18-8-9-26-16/h2-5,8-9,13H,6-7,10H2,1H3,(H,19,24)(H,18,20,22)/t13-/m1/s1. The molecular weight excluding hydrogens is 356 g/mol. The van der Waals surface area contributed by atoms with Crippen molar-refractivity contribution < 1.29 is 19.1 Å². The van der Waals surface area contributed by atoms with Crippen molar-refractivity contribution >= 4 is 34.3 Å². The zero-order valence-corrected chi connectivity index (χ0v) is 14.9. The molecule has 4 amide bonds. The predicted octanol–water partition coefficient (Wildman–Crippen LogP) is 1.99. The highest BCUT2D eigenvalue weighted by atomic mass is 32.1. The molecule has 8 nitrogen and oxygen atoms in total. The van der Waals surface area contributed by atoms with E-state index in [1.807, 2.05) is 0 Å². The molecule has 0 spiro atoms. The molecule has 1 fully saturated rings. The first-order valence-electron chi connectivity index (χ1n) is 8.01. The number of imide groups is 1. The summed E-state index contributed by atoms with van der Waals surface area (Å²) in [4.78, 5) is 41.6. The topological polar surface area (TPSA) is 101 Å². The summed E-state index contributed by atoms with van der Waals surface area (Å²) in [6, 6.07) is 6.00. The summed E-state index contributed by atoms with van der Waals surface area (Å²) in [5.74, 6) is 0.138. The average Bonchev–Trinajstić information content (AvgIpc) is 3.24. The number of carbonyl (C=O) groups excluding carboxylic acids is 3. The lowest BCUT2D eigenvalue weighted by Gasteiger charge is -2.13. The van der Waals surface area contributed by atoms with Crippen LogP contribution in [0.4, 0.5) is 9.93 Å². The third-order valence-corrected chi connectivity index (χ3v) is 4.63. The maximum atomic E-state index is 12.4.